The summed E-state index contributed by atoms with van der Waals surface area (Å²) < 4.78 is 3.83. The van der Waals surface area contributed by atoms with E-state index in [9.17, 15) is 4.79 Å². The molecular weight excluding hydrogens is 462 g/mol. The molecule has 0 unspecified atom stereocenters. The van der Waals surface area contributed by atoms with Gasteiger partial charge in [0.05, 0.1) is 15.1 Å². The number of rotatable bonds is 4. The zero-order valence-corrected chi connectivity index (χ0v) is 20.1. The van der Waals surface area contributed by atoms with Crippen molar-refractivity contribution in [2.75, 3.05) is 0 Å². The van der Waals surface area contributed by atoms with E-state index in [1.165, 1.54) is 15.9 Å². The van der Waals surface area contributed by atoms with Crippen LogP contribution >= 0.6 is 22.7 Å². The van der Waals surface area contributed by atoms with Gasteiger partial charge in [-0.25, -0.2) is 4.68 Å². The van der Waals surface area contributed by atoms with Crippen molar-refractivity contribution in [3.8, 4) is 27.6 Å². The average molecular weight is 482 g/mol. The van der Waals surface area contributed by atoms with Crippen molar-refractivity contribution < 1.29 is 0 Å². The number of aryl methyl sites for hydroxylation is 2. The standard InChI is InChI=1S/C26H19N5OS2/c1-16-10-11-17(2)20(13-16)23-18(15-30(28-23)19-7-4-3-5-8-19)14-22-25(32)31-26(34-22)27-24(29-31)21-9-6-12-33-21/h3-15H,1-2H3/b22-14-. The lowest BCUT2D eigenvalue weighted by Crippen LogP contribution is -2.23. The Labute approximate surface area is 203 Å². The Morgan fingerprint density at radius 3 is 2.59 bits per heavy atom. The maximum Gasteiger partial charge on any atom is 0.291 e. The SMILES string of the molecule is Cc1ccc(C)c(-c2nn(-c3ccccc3)cc2/C=c2\sc3nc(-c4cccs4)nn3c2=O)c1. The Bertz CT molecular complexity index is 1740. The van der Waals surface area contributed by atoms with Crippen LogP contribution in [0.2, 0.25) is 0 Å². The Hall–Kier alpha value is -3.88. The Balaban J connectivity index is 1.54. The first-order chi connectivity index (χ1) is 16.6. The van der Waals surface area contributed by atoms with Gasteiger partial charge in [-0.2, -0.15) is 14.6 Å². The van der Waals surface area contributed by atoms with E-state index in [4.69, 9.17) is 5.10 Å². The lowest BCUT2D eigenvalue weighted by atomic mass is 10.0. The van der Waals surface area contributed by atoms with Gasteiger partial charge >= 0.3 is 0 Å². The minimum absolute atomic E-state index is 0.172. The molecule has 2 aromatic carbocycles. The molecule has 8 heteroatoms. The number of aromatic nitrogens is 5. The monoisotopic (exact) mass is 481 g/mol. The predicted octanol–water partition coefficient (Wildman–Crippen LogP) is 4.90. The van der Waals surface area contributed by atoms with Gasteiger partial charge in [-0.1, -0.05) is 53.3 Å². The van der Waals surface area contributed by atoms with E-state index < -0.39 is 0 Å². The molecule has 6 rings (SSSR count). The largest absolute Gasteiger partial charge is 0.291 e. The van der Waals surface area contributed by atoms with Crippen LogP contribution in [-0.4, -0.2) is 24.4 Å². The minimum atomic E-state index is -0.172. The molecule has 0 bridgehead atoms. The summed E-state index contributed by atoms with van der Waals surface area (Å²) in [6.07, 6.45) is 3.87. The van der Waals surface area contributed by atoms with Crippen LogP contribution in [0.25, 0.3) is 38.7 Å². The zero-order chi connectivity index (χ0) is 23.2. The van der Waals surface area contributed by atoms with E-state index in [0.29, 0.717) is 15.3 Å². The first kappa shape index (κ1) is 20.7. The molecule has 0 N–H and O–H groups in total. The maximum atomic E-state index is 13.2. The van der Waals surface area contributed by atoms with E-state index in [1.807, 2.05) is 64.8 Å². The van der Waals surface area contributed by atoms with Gasteiger partial charge in [-0.3, -0.25) is 4.79 Å². The Morgan fingerprint density at radius 1 is 0.971 bits per heavy atom. The molecule has 0 saturated carbocycles. The van der Waals surface area contributed by atoms with Gasteiger partial charge in [-0.05, 0) is 55.1 Å². The molecule has 0 aliphatic carbocycles. The molecule has 6 aromatic rings. The number of para-hydroxylation sites is 1. The van der Waals surface area contributed by atoms with Crippen molar-refractivity contribution in [2.45, 2.75) is 13.8 Å². The van der Waals surface area contributed by atoms with Crippen LogP contribution in [-0.2, 0) is 0 Å². The molecule has 0 amide bonds. The van der Waals surface area contributed by atoms with Crippen molar-refractivity contribution >= 4 is 33.7 Å². The van der Waals surface area contributed by atoms with Crippen molar-refractivity contribution in [1.29, 1.82) is 0 Å². The molecule has 4 aromatic heterocycles. The van der Waals surface area contributed by atoms with Crippen LogP contribution in [0, 0.1) is 13.8 Å². The third-order valence-electron chi connectivity index (χ3n) is 5.62. The number of thiazole rings is 1. The number of thiophene rings is 1. The molecule has 0 aliphatic rings. The Kier molecular flexibility index (Phi) is 4.97. The Morgan fingerprint density at radius 2 is 1.82 bits per heavy atom. The van der Waals surface area contributed by atoms with Crippen LogP contribution in [0.3, 0.4) is 0 Å². The highest BCUT2D eigenvalue weighted by Crippen LogP contribution is 2.28. The molecule has 4 heterocycles. The molecule has 6 nitrogen and oxygen atoms in total. The summed E-state index contributed by atoms with van der Waals surface area (Å²) in [6, 6.07) is 20.2. The summed E-state index contributed by atoms with van der Waals surface area (Å²) in [5, 5.41) is 11.3. The predicted molar refractivity (Wildman–Crippen MR) is 138 cm³/mol. The zero-order valence-electron chi connectivity index (χ0n) is 18.5. The van der Waals surface area contributed by atoms with Gasteiger partial charge < -0.3 is 0 Å². The molecule has 0 spiro atoms. The second-order valence-electron chi connectivity index (χ2n) is 8.05. The topological polar surface area (TPSA) is 65.1 Å². The highest BCUT2D eigenvalue weighted by atomic mass is 32.1. The van der Waals surface area contributed by atoms with Crippen molar-refractivity contribution in [3.05, 3.63) is 104 Å². The molecule has 0 atom stereocenters. The number of hydrogen-bond donors (Lipinski definition) is 0. The first-order valence-electron chi connectivity index (χ1n) is 10.7. The van der Waals surface area contributed by atoms with E-state index in [0.717, 1.165) is 38.5 Å². The molecule has 0 radical (unpaired) electrons. The number of benzene rings is 2. The van der Waals surface area contributed by atoms with Crippen LogP contribution in [0.5, 0.6) is 0 Å². The molecule has 0 fully saturated rings. The van der Waals surface area contributed by atoms with E-state index in [2.05, 4.69) is 42.1 Å². The van der Waals surface area contributed by atoms with Crippen LogP contribution in [0.15, 0.2) is 77.0 Å². The van der Waals surface area contributed by atoms with Gasteiger partial charge in [0.1, 0.15) is 5.69 Å². The fraction of sp³-hybridized carbons (Fsp3) is 0.0769. The van der Waals surface area contributed by atoms with E-state index in [-0.39, 0.29) is 5.56 Å². The third-order valence-corrected chi connectivity index (χ3v) is 7.45. The number of hydrogen-bond acceptors (Lipinski definition) is 6. The van der Waals surface area contributed by atoms with Crippen LogP contribution in [0.4, 0.5) is 0 Å². The molecule has 34 heavy (non-hydrogen) atoms. The lowest BCUT2D eigenvalue weighted by Gasteiger charge is -2.05. The smallest absolute Gasteiger partial charge is 0.266 e. The lowest BCUT2D eigenvalue weighted by molar-refractivity contribution is 0.884. The molecule has 0 saturated heterocycles. The fourth-order valence-corrected chi connectivity index (χ4v) is 5.44. The van der Waals surface area contributed by atoms with Crippen LogP contribution in [0.1, 0.15) is 16.7 Å². The van der Waals surface area contributed by atoms with Crippen LogP contribution < -0.4 is 10.1 Å². The van der Waals surface area contributed by atoms with E-state index >= 15 is 0 Å². The molecule has 166 valence electrons. The minimum Gasteiger partial charge on any atom is -0.266 e. The number of fused-ring (bicyclic) bond motifs is 1. The summed E-state index contributed by atoms with van der Waals surface area (Å²) in [5.41, 5.74) is 5.83. The normalized spacial score (nSPS) is 12.1. The van der Waals surface area contributed by atoms with Crippen molar-refractivity contribution in [2.24, 2.45) is 0 Å². The highest BCUT2D eigenvalue weighted by Gasteiger charge is 2.16. The molecular formula is C26H19N5OS2. The summed E-state index contributed by atoms with van der Waals surface area (Å²) in [5.74, 6) is 0.581. The highest BCUT2D eigenvalue weighted by molar-refractivity contribution is 7.15. The molecule has 0 aliphatic heterocycles. The first-order valence-corrected chi connectivity index (χ1v) is 12.4. The van der Waals surface area contributed by atoms with Gasteiger partial charge in [0.2, 0.25) is 4.96 Å². The summed E-state index contributed by atoms with van der Waals surface area (Å²) in [7, 11) is 0. The summed E-state index contributed by atoms with van der Waals surface area (Å²) in [6.45, 7) is 4.15. The quantitative estimate of drug-likeness (QED) is 0.359. The second kappa shape index (κ2) is 8.16. The van der Waals surface area contributed by atoms with Crippen molar-refractivity contribution in [3.63, 3.8) is 0 Å². The summed E-state index contributed by atoms with van der Waals surface area (Å²) in [4.78, 5) is 19.3. The van der Waals surface area contributed by atoms with Gasteiger partial charge in [0.25, 0.3) is 5.56 Å². The fourth-order valence-electron chi connectivity index (χ4n) is 3.89. The van der Waals surface area contributed by atoms with Gasteiger partial charge in [-0.15, -0.1) is 16.4 Å². The number of nitrogens with zero attached hydrogens (tertiary/aromatic N) is 5. The van der Waals surface area contributed by atoms with Crippen molar-refractivity contribution in [1.82, 2.24) is 24.4 Å². The second-order valence-corrected chi connectivity index (χ2v) is 10.0. The third kappa shape index (κ3) is 3.57. The maximum absolute atomic E-state index is 13.2. The van der Waals surface area contributed by atoms with Gasteiger partial charge in [0.15, 0.2) is 5.82 Å². The van der Waals surface area contributed by atoms with Gasteiger partial charge in [0, 0.05) is 17.3 Å². The summed E-state index contributed by atoms with van der Waals surface area (Å²) >= 11 is 2.90. The average Bonchev–Trinajstić information content (AvgIpc) is 3.63. The van der Waals surface area contributed by atoms with E-state index in [1.54, 1.807) is 11.3 Å².